The predicted molar refractivity (Wildman–Crippen MR) is 96.6 cm³/mol. The lowest BCUT2D eigenvalue weighted by Gasteiger charge is -2.04. The van der Waals surface area contributed by atoms with Crippen LogP contribution in [0.15, 0.2) is 24.5 Å². The van der Waals surface area contributed by atoms with Gasteiger partial charge in [0.15, 0.2) is 0 Å². The first kappa shape index (κ1) is 20.1. The first-order valence-electron chi connectivity index (χ1n) is 7.24. The lowest BCUT2D eigenvalue weighted by molar-refractivity contribution is -0.117. The molecule has 0 aliphatic rings. The molecule has 10 heteroatoms. The van der Waals surface area contributed by atoms with Gasteiger partial charge < -0.3 is 31.2 Å². The van der Waals surface area contributed by atoms with Crippen molar-refractivity contribution >= 4 is 41.5 Å². The number of nitrogens with zero attached hydrogens (tertiary/aromatic N) is 2. The van der Waals surface area contributed by atoms with Gasteiger partial charge in [0.1, 0.15) is 11.4 Å². The van der Waals surface area contributed by atoms with Crippen LogP contribution in [0.2, 0.25) is 0 Å². The summed E-state index contributed by atoms with van der Waals surface area (Å²) in [5.74, 6) is -1.18. The molecule has 0 saturated carbocycles. The Balaban J connectivity index is 0.00000312. The minimum absolute atomic E-state index is 0. The largest absolute Gasteiger partial charge is 0.397 e. The molecule has 2 aromatic heterocycles. The number of hydrogen-bond acceptors (Lipinski definition) is 4. The number of nitrogens with two attached hydrogens (primary N) is 2. The first-order valence-corrected chi connectivity index (χ1v) is 7.24. The number of carbonyl (C=O) groups excluding carboxylic acids is 3. The Hall–Kier alpha value is -2.94. The minimum Gasteiger partial charge on any atom is -0.397 e. The van der Waals surface area contributed by atoms with Crippen molar-refractivity contribution in [3.8, 4) is 0 Å². The van der Waals surface area contributed by atoms with Crippen LogP contribution < -0.4 is 22.1 Å². The highest BCUT2D eigenvalue weighted by Crippen LogP contribution is 2.16. The number of primary amides is 1. The molecule has 2 heterocycles. The van der Waals surface area contributed by atoms with Crippen molar-refractivity contribution in [2.75, 3.05) is 17.6 Å². The number of rotatable bonds is 6. The molecule has 6 N–H and O–H groups in total. The fourth-order valence-electron chi connectivity index (χ4n) is 2.26. The van der Waals surface area contributed by atoms with E-state index in [2.05, 4.69) is 10.6 Å². The Morgan fingerprint density at radius 1 is 1.04 bits per heavy atom. The molecule has 0 aliphatic carbocycles. The van der Waals surface area contributed by atoms with E-state index in [9.17, 15) is 14.4 Å². The standard InChI is InChI=1S/C15H20N6O3.ClH/c1-20-7-9(16)5-11(20)15(24)19-10-6-12(21(2)8-10)14(23)18-4-3-13(17)22;/h5-8H,3-4,16H2,1-2H3,(H2,17,22)(H,18,23)(H,19,24);1H. The second kappa shape index (κ2) is 8.25. The Kier molecular flexibility index (Phi) is 6.63. The molecule has 9 nitrogen and oxygen atoms in total. The molecule has 0 radical (unpaired) electrons. The molecule has 136 valence electrons. The molecule has 25 heavy (non-hydrogen) atoms. The summed E-state index contributed by atoms with van der Waals surface area (Å²) >= 11 is 0. The molecule has 0 aromatic carbocycles. The summed E-state index contributed by atoms with van der Waals surface area (Å²) in [4.78, 5) is 35.0. The molecular formula is C15H21ClN6O3. The van der Waals surface area contributed by atoms with E-state index in [0.717, 1.165) is 0 Å². The van der Waals surface area contributed by atoms with Crippen LogP contribution in [-0.2, 0) is 18.9 Å². The van der Waals surface area contributed by atoms with Gasteiger partial charge in [0.05, 0.1) is 11.4 Å². The highest BCUT2D eigenvalue weighted by atomic mass is 35.5. The molecular weight excluding hydrogens is 348 g/mol. The molecule has 2 aromatic rings. The number of aryl methyl sites for hydroxylation is 2. The summed E-state index contributed by atoms with van der Waals surface area (Å²) in [5.41, 5.74) is 12.4. The van der Waals surface area contributed by atoms with Crippen molar-refractivity contribution in [3.63, 3.8) is 0 Å². The van der Waals surface area contributed by atoms with Gasteiger partial charge in [0.25, 0.3) is 11.8 Å². The fraction of sp³-hybridized carbons (Fsp3) is 0.267. The zero-order chi connectivity index (χ0) is 17.9. The highest BCUT2D eigenvalue weighted by Gasteiger charge is 2.15. The van der Waals surface area contributed by atoms with Crippen LogP contribution >= 0.6 is 12.4 Å². The molecule has 0 bridgehead atoms. The van der Waals surface area contributed by atoms with Crippen LogP contribution in [0.1, 0.15) is 27.4 Å². The van der Waals surface area contributed by atoms with Crippen molar-refractivity contribution in [1.29, 1.82) is 0 Å². The van der Waals surface area contributed by atoms with Gasteiger partial charge in [-0.1, -0.05) is 0 Å². The molecule has 0 spiro atoms. The van der Waals surface area contributed by atoms with Gasteiger partial charge >= 0.3 is 0 Å². The third-order valence-electron chi connectivity index (χ3n) is 3.41. The minimum atomic E-state index is -0.489. The summed E-state index contributed by atoms with van der Waals surface area (Å²) < 4.78 is 3.19. The smallest absolute Gasteiger partial charge is 0.272 e. The van der Waals surface area contributed by atoms with Crippen molar-refractivity contribution in [3.05, 3.63) is 35.9 Å². The van der Waals surface area contributed by atoms with Gasteiger partial charge in [-0.25, -0.2) is 0 Å². The van der Waals surface area contributed by atoms with Crippen LogP contribution in [-0.4, -0.2) is 33.4 Å². The maximum atomic E-state index is 12.2. The Morgan fingerprint density at radius 3 is 2.20 bits per heavy atom. The molecule has 2 rings (SSSR count). The van der Waals surface area contributed by atoms with E-state index in [1.54, 1.807) is 47.8 Å². The summed E-state index contributed by atoms with van der Waals surface area (Å²) in [7, 11) is 3.40. The van der Waals surface area contributed by atoms with E-state index in [1.807, 2.05) is 0 Å². The lowest BCUT2D eigenvalue weighted by Crippen LogP contribution is -2.29. The number of carbonyl (C=O) groups is 3. The number of aromatic nitrogens is 2. The number of anilines is 2. The quantitative estimate of drug-likeness (QED) is 0.579. The van der Waals surface area contributed by atoms with Crippen LogP contribution in [0, 0.1) is 0 Å². The second-order valence-corrected chi connectivity index (χ2v) is 5.42. The molecule has 0 fully saturated rings. The van der Waals surface area contributed by atoms with E-state index in [0.29, 0.717) is 22.8 Å². The highest BCUT2D eigenvalue weighted by molar-refractivity contribution is 6.04. The van der Waals surface area contributed by atoms with Gasteiger partial charge in [0.2, 0.25) is 5.91 Å². The van der Waals surface area contributed by atoms with Crippen LogP contribution in [0.3, 0.4) is 0 Å². The number of halogens is 1. The summed E-state index contributed by atoms with van der Waals surface area (Å²) in [6.07, 6.45) is 3.32. The predicted octanol–water partition coefficient (Wildman–Crippen LogP) is 0.225. The van der Waals surface area contributed by atoms with Crippen LogP contribution in [0.25, 0.3) is 0 Å². The third-order valence-corrected chi connectivity index (χ3v) is 3.41. The number of nitrogen functional groups attached to an aromatic ring is 1. The molecule has 0 atom stereocenters. The zero-order valence-electron chi connectivity index (χ0n) is 13.9. The Labute approximate surface area is 150 Å². The topological polar surface area (TPSA) is 137 Å². The normalized spacial score (nSPS) is 10.0. The van der Waals surface area contributed by atoms with E-state index < -0.39 is 5.91 Å². The van der Waals surface area contributed by atoms with E-state index in [4.69, 9.17) is 11.5 Å². The van der Waals surface area contributed by atoms with Crippen molar-refractivity contribution in [1.82, 2.24) is 14.5 Å². The maximum Gasteiger partial charge on any atom is 0.272 e. The fourth-order valence-corrected chi connectivity index (χ4v) is 2.26. The van der Waals surface area contributed by atoms with Gasteiger partial charge in [-0.05, 0) is 12.1 Å². The maximum absolute atomic E-state index is 12.2. The Morgan fingerprint density at radius 2 is 1.64 bits per heavy atom. The SMILES string of the molecule is Cl.Cn1cc(NC(=O)c2cc(N)cn2C)cc1C(=O)NCCC(N)=O. The van der Waals surface area contributed by atoms with Gasteiger partial charge in [-0.15, -0.1) is 12.4 Å². The van der Waals surface area contributed by atoms with Crippen LogP contribution in [0.5, 0.6) is 0 Å². The average molecular weight is 369 g/mol. The molecule has 3 amide bonds. The lowest BCUT2D eigenvalue weighted by atomic mass is 10.3. The number of amides is 3. The molecule has 0 unspecified atom stereocenters. The number of nitrogens with one attached hydrogen (secondary N) is 2. The number of hydrogen-bond donors (Lipinski definition) is 4. The van der Waals surface area contributed by atoms with Gasteiger partial charge in [-0.2, -0.15) is 0 Å². The zero-order valence-corrected chi connectivity index (χ0v) is 14.7. The third kappa shape index (κ3) is 5.01. The van der Waals surface area contributed by atoms with E-state index in [1.165, 1.54) is 0 Å². The average Bonchev–Trinajstić information content (AvgIpc) is 3.00. The van der Waals surface area contributed by atoms with Crippen molar-refractivity contribution in [2.45, 2.75) is 6.42 Å². The van der Waals surface area contributed by atoms with Crippen molar-refractivity contribution in [2.24, 2.45) is 19.8 Å². The monoisotopic (exact) mass is 368 g/mol. The Bertz CT molecular complexity index is 795. The summed E-state index contributed by atoms with van der Waals surface area (Å²) in [6.45, 7) is 0.156. The molecule has 0 aliphatic heterocycles. The summed E-state index contributed by atoms with van der Waals surface area (Å²) in [5, 5.41) is 5.30. The second-order valence-electron chi connectivity index (χ2n) is 5.42. The van der Waals surface area contributed by atoms with Gasteiger partial charge in [0, 0.05) is 39.5 Å². The van der Waals surface area contributed by atoms with Crippen LogP contribution in [0.4, 0.5) is 11.4 Å². The van der Waals surface area contributed by atoms with E-state index >= 15 is 0 Å². The first-order chi connectivity index (χ1) is 11.3. The van der Waals surface area contributed by atoms with Gasteiger partial charge in [-0.3, -0.25) is 14.4 Å². The van der Waals surface area contributed by atoms with E-state index in [-0.39, 0.29) is 37.2 Å². The van der Waals surface area contributed by atoms with Crippen molar-refractivity contribution < 1.29 is 14.4 Å². The molecule has 0 saturated heterocycles. The summed E-state index contributed by atoms with van der Waals surface area (Å²) in [6, 6.07) is 3.11.